The molecule has 1 heterocycles. The van der Waals surface area contributed by atoms with Crippen molar-refractivity contribution < 1.29 is 9.90 Å². The molecular weight excluding hydrogens is 266 g/mol. The van der Waals surface area contributed by atoms with E-state index in [4.69, 9.17) is 5.11 Å². The van der Waals surface area contributed by atoms with Crippen molar-refractivity contribution in [3.8, 4) is 0 Å². The van der Waals surface area contributed by atoms with Crippen LogP contribution in [0.15, 0.2) is 18.2 Å². The van der Waals surface area contributed by atoms with E-state index < -0.39 is 0 Å². The van der Waals surface area contributed by atoms with Gasteiger partial charge in [-0.1, -0.05) is 12.1 Å². The van der Waals surface area contributed by atoms with Gasteiger partial charge in [-0.2, -0.15) is 0 Å². The number of likely N-dealkylation sites (N-methyl/N-ethyl adjacent to an activating group) is 1. The van der Waals surface area contributed by atoms with Gasteiger partial charge < -0.3 is 20.2 Å². The topological polar surface area (TPSA) is 55.8 Å². The summed E-state index contributed by atoms with van der Waals surface area (Å²) in [6.07, 6.45) is 2.28. The predicted octanol–water partition coefficient (Wildman–Crippen LogP) is 1.59. The van der Waals surface area contributed by atoms with Gasteiger partial charge in [0.25, 0.3) is 0 Å². The van der Waals surface area contributed by atoms with Gasteiger partial charge in [-0.25, -0.2) is 4.79 Å². The highest BCUT2D eigenvalue weighted by Crippen LogP contribution is 2.26. The van der Waals surface area contributed by atoms with Crippen LogP contribution < -0.4 is 10.2 Å². The molecule has 1 aromatic carbocycles. The predicted molar refractivity (Wildman–Crippen MR) is 84.6 cm³/mol. The lowest BCUT2D eigenvalue weighted by Crippen LogP contribution is -2.43. The molecule has 0 fully saturated rings. The van der Waals surface area contributed by atoms with Crippen LogP contribution in [0.3, 0.4) is 0 Å². The molecule has 1 unspecified atom stereocenters. The fraction of sp³-hybridized carbons (Fsp3) is 0.562. The fourth-order valence-corrected chi connectivity index (χ4v) is 2.57. The Balaban J connectivity index is 1.96. The minimum Gasteiger partial charge on any atom is -0.394 e. The highest BCUT2D eigenvalue weighted by Gasteiger charge is 2.16. The Hall–Kier alpha value is -1.75. The number of urea groups is 1. The number of rotatable bonds is 4. The molecule has 0 saturated heterocycles. The van der Waals surface area contributed by atoms with Crippen LogP contribution in [-0.2, 0) is 13.0 Å². The molecule has 21 heavy (non-hydrogen) atoms. The Kier molecular flexibility index (Phi) is 5.07. The Bertz CT molecular complexity index is 504. The minimum atomic E-state index is -0.179. The molecule has 2 N–H and O–H groups in total. The zero-order valence-corrected chi connectivity index (χ0v) is 13.1. The van der Waals surface area contributed by atoms with Crippen molar-refractivity contribution in [2.45, 2.75) is 32.4 Å². The van der Waals surface area contributed by atoms with E-state index in [-0.39, 0.29) is 18.7 Å². The lowest BCUT2D eigenvalue weighted by molar-refractivity contribution is 0.157. The molecular formula is C16H25N3O2. The van der Waals surface area contributed by atoms with E-state index in [2.05, 4.69) is 35.5 Å². The van der Waals surface area contributed by atoms with Crippen molar-refractivity contribution in [1.29, 1.82) is 0 Å². The smallest absolute Gasteiger partial charge is 0.317 e. The zero-order chi connectivity index (χ0) is 15.4. The molecule has 0 saturated carbocycles. The molecule has 0 spiro atoms. The van der Waals surface area contributed by atoms with Crippen LogP contribution in [0, 0.1) is 0 Å². The van der Waals surface area contributed by atoms with E-state index in [1.807, 2.05) is 6.92 Å². The van der Waals surface area contributed by atoms with Crippen LogP contribution in [0.25, 0.3) is 0 Å². The first-order valence-corrected chi connectivity index (χ1v) is 7.47. The van der Waals surface area contributed by atoms with E-state index >= 15 is 0 Å². The number of aryl methyl sites for hydroxylation is 1. The van der Waals surface area contributed by atoms with Crippen LogP contribution in [0.1, 0.15) is 24.5 Å². The van der Waals surface area contributed by atoms with Gasteiger partial charge in [0.1, 0.15) is 0 Å². The molecule has 2 rings (SSSR count). The molecule has 0 aliphatic carbocycles. The Morgan fingerprint density at radius 3 is 3.00 bits per heavy atom. The number of hydrogen-bond donors (Lipinski definition) is 2. The maximum Gasteiger partial charge on any atom is 0.317 e. The number of fused-ring (bicyclic) bond motifs is 1. The molecule has 1 atom stereocenters. The number of hydrogen-bond acceptors (Lipinski definition) is 3. The Labute approximate surface area is 126 Å². The minimum absolute atomic E-state index is 0.0326. The number of carbonyl (C=O) groups is 1. The molecule has 0 radical (unpaired) electrons. The summed E-state index contributed by atoms with van der Waals surface area (Å²) in [7, 11) is 3.81. The molecule has 0 bridgehead atoms. The van der Waals surface area contributed by atoms with Gasteiger partial charge in [-0.15, -0.1) is 0 Å². The number of aliphatic hydroxyl groups is 1. The second-order valence-corrected chi connectivity index (χ2v) is 5.79. The van der Waals surface area contributed by atoms with E-state index in [0.29, 0.717) is 6.54 Å². The van der Waals surface area contributed by atoms with Crippen LogP contribution in [0.2, 0.25) is 0 Å². The van der Waals surface area contributed by atoms with Crippen molar-refractivity contribution in [2.75, 3.05) is 32.1 Å². The van der Waals surface area contributed by atoms with Gasteiger partial charge >= 0.3 is 6.03 Å². The maximum absolute atomic E-state index is 12.0. The number of anilines is 1. The maximum atomic E-state index is 12.0. The van der Waals surface area contributed by atoms with Gasteiger partial charge in [0.2, 0.25) is 0 Å². The number of amides is 2. The monoisotopic (exact) mass is 291 g/mol. The van der Waals surface area contributed by atoms with Gasteiger partial charge in [-0.05, 0) is 37.0 Å². The van der Waals surface area contributed by atoms with Crippen molar-refractivity contribution >= 4 is 11.7 Å². The average Bonchev–Trinajstić information content (AvgIpc) is 2.51. The molecule has 1 aromatic rings. The molecule has 2 amide bonds. The first kappa shape index (κ1) is 15.6. The molecule has 1 aliphatic heterocycles. The molecule has 5 heteroatoms. The first-order valence-electron chi connectivity index (χ1n) is 7.47. The SMILES string of the molecule is CC(CO)N(C)C(=O)NCc1ccc2c(c1)CCCN2C. The van der Waals surface area contributed by atoms with Gasteiger partial charge in [0.15, 0.2) is 0 Å². The summed E-state index contributed by atoms with van der Waals surface area (Å²) < 4.78 is 0. The lowest BCUT2D eigenvalue weighted by Gasteiger charge is -2.28. The van der Waals surface area contributed by atoms with Gasteiger partial charge in [-0.3, -0.25) is 0 Å². The number of aliphatic hydroxyl groups excluding tert-OH is 1. The van der Waals surface area contributed by atoms with E-state index in [1.54, 1.807) is 7.05 Å². The third-order valence-electron chi connectivity index (χ3n) is 4.18. The third kappa shape index (κ3) is 3.67. The quantitative estimate of drug-likeness (QED) is 0.886. The summed E-state index contributed by atoms with van der Waals surface area (Å²) in [4.78, 5) is 15.7. The molecule has 116 valence electrons. The first-order chi connectivity index (χ1) is 10.0. The Morgan fingerprint density at radius 2 is 2.29 bits per heavy atom. The number of nitrogens with zero attached hydrogens (tertiary/aromatic N) is 2. The van der Waals surface area contributed by atoms with Gasteiger partial charge in [0, 0.05) is 32.9 Å². The highest BCUT2D eigenvalue weighted by molar-refractivity contribution is 5.74. The van der Waals surface area contributed by atoms with E-state index in [9.17, 15) is 4.79 Å². The van der Waals surface area contributed by atoms with Crippen molar-refractivity contribution in [3.05, 3.63) is 29.3 Å². The molecule has 1 aliphatic rings. The van der Waals surface area contributed by atoms with Gasteiger partial charge in [0.05, 0.1) is 12.6 Å². The summed E-state index contributed by atoms with van der Waals surface area (Å²) in [5, 5.41) is 12.0. The van der Waals surface area contributed by atoms with Crippen molar-refractivity contribution in [3.63, 3.8) is 0 Å². The highest BCUT2D eigenvalue weighted by atomic mass is 16.3. The third-order valence-corrected chi connectivity index (χ3v) is 4.18. The van der Waals surface area contributed by atoms with E-state index in [1.165, 1.54) is 22.6 Å². The van der Waals surface area contributed by atoms with Crippen LogP contribution >= 0.6 is 0 Å². The van der Waals surface area contributed by atoms with Crippen molar-refractivity contribution in [2.24, 2.45) is 0 Å². The second-order valence-electron chi connectivity index (χ2n) is 5.79. The zero-order valence-electron chi connectivity index (χ0n) is 13.1. The molecule has 5 nitrogen and oxygen atoms in total. The lowest BCUT2D eigenvalue weighted by atomic mass is 9.99. The van der Waals surface area contributed by atoms with Crippen molar-refractivity contribution in [1.82, 2.24) is 10.2 Å². The normalized spacial score (nSPS) is 15.3. The molecule has 0 aromatic heterocycles. The number of benzene rings is 1. The standard InChI is InChI=1S/C16H25N3O2/c1-12(11-20)19(3)16(21)17-10-13-6-7-15-14(9-13)5-4-8-18(15)2/h6-7,9,12,20H,4-5,8,10-11H2,1-3H3,(H,17,21). The Morgan fingerprint density at radius 1 is 1.52 bits per heavy atom. The largest absolute Gasteiger partial charge is 0.394 e. The van der Waals surface area contributed by atoms with E-state index in [0.717, 1.165) is 18.5 Å². The van der Waals surface area contributed by atoms with Crippen LogP contribution in [-0.4, -0.2) is 49.3 Å². The van der Waals surface area contributed by atoms with Crippen LogP contribution in [0.5, 0.6) is 0 Å². The van der Waals surface area contributed by atoms with Crippen LogP contribution in [0.4, 0.5) is 10.5 Å². The average molecular weight is 291 g/mol. The summed E-state index contributed by atoms with van der Waals surface area (Å²) in [5.41, 5.74) is 3.76. The number of nitrogens with one attached hydrogen (secondary N) is 1. The summed E-state index contributed by atoms with van der Waals surface area (Å²) >= 11 is 0. The summed E-state index contributed by atoms with van der Waals surface area (Å²) in [5.74, 6) is 0. The second kappa shape index (κ2) is 6.80. The number of carbonyl (C=O) groups excluding carboxylic acids is 1. The summed E-state index contributed by atoms with van der Waals surface area (Å²) in [6, 6.07) is 6.04. The summed E-state index contributed by atoms with van der Waals surface area (Å²) in [6.45, 7) is 3.40. The fourth-order valence-electron chi connectivity index (χ4n) is 2.57.